The average Bonchev–Trinajstić information content (AvgIpc) is 3.43. The number of aryl methyl sites for hydroxylation is 1. The molecule has 8 heteroatoms. The minimum atomic E-state index is -0.124. The molecule has 0 bridgehead atoms. The lowest BCUT2D eigenvalue weighted by Crippen LogP contribution is -2.36. The molecule has 0 unspecified atom stereocenters. The van der Waals surface area contributed by atoms with Gasteiger partial charge in [-0.15, -0.1) is 0 Å². The van der Waals surface area contributed by atoms with Crippen LogP contribution in [0.3, 0.4) is 0 Å². The number of nitrogens with one attached hydrogen (secondary N) is 2. The highest BCUT2D eigenvalue weighted by Crippen LogP contribution is 2.24. The van der Waals surface area contributed by atoms with Crippen LogP contribution in [-0.4, -0.2) is 33.1 Å². The molecule has 162 valence electrons. The minimum Gasteiger partial charge on any atom is -0.361 e. The number of rotatable bonds is 6. The van der Waals surface area contributed by atoms with Gasteiger partial charge < -0.3 is 10.3 Å². The van der Waals surface area contributed by atoms with Crippen molar-refractivity contribution in [1.29, 1.82) is 0 Å². The van der Waals surface area contributed by atoms with Gasteiger partial charge in [0.1, 0.15) is 5.82 Å². The minimum absolute atomic E-state index is 0.0818. The van der Waals surface area contributed by atoms with Crippen molar-refractivity contribution in [3.8, 4) is 0 Å². The summed E-state index contributed by atoms with van der Waals surface area (Å²) in [6.07, 6.45) is 4.81. The van der Waals surface area contributed by atoms with Crippen LogP contribution in [0, 0.1) is 0 Å². The summed E-state index contributed by atoms with van der Waals surface area (Å²) in [5.41, 5.74) is 3.69. The molecule has 7 nitrogen and oxygen atoms in total. The second-order valence-electron chi connectivity index (χ2n) is 7.85. The number of H-pyrrole nitrogens is 1. The van der Waals surface area contributed by atoms with Gasteiger partial charge in [0.15, 0.2) is 0 Å². The first-order valence-corrected chi connectivity index (χ1v) is 10.9. The molecule has 2 N–H and O–H groups in total. The summed E-state index contributed by atoms with van der Waals surface area (Å²) in [5.74, 6) is 0.765. The predicted molar refractivity (Wildman–Crippen MR) is 124 cm³/mol. The molecule has 2 aromatic carbocycles. The third-order valence-corrected chi connectivity index (χ3v) is 6.01. The topological polar surface area (TPSA) is 83.0 Å². The summed E-state index contributed by atoms with van der Waals surface area (Å²) < 4.78 is 1.84. The molecule has 32 heavy (non-hydrogen) atoms. The third-order valence-electron chi connectivity index (χ3n) is 5.78. The van der Waals surface area contributed by atoms with Crippen molar-refractivity contribution in [3.63, 3.8) is 0 Å². The smallest absolute Gasteiger partial charge is 0.251 e. The fourth-order valence-electron chi connectivity index (χ4n) is 4.08. The second-order valence-corrected chi connectivity index (χ2v) is 8.29. The van der Waals surface area contributed by atoms with Crippen LogP contribution in [0.5, 0.6) is 0 Å². The molecule has 5 rings (SSSR count). The molecular weight excluding hydrogens is 426 g/mol. The van der Waals surface area contributed by atoms with Crippen molar-refractivity contribution in [2.45, 2.75) is 25.9 Å². The Labute approximate surface area is 190 Å². The van der Waals surface area contributed by atoms with Gasteiger partial charge in [-0.1, -0.05) is 23.7 Å². The van der Waals surface area contributed by atoms with Crippen LogP contribution >= 0.6 is 11.6 Å². The highest BCUT2D eigenvalue weighted by molar-refractivity contribution is 6.31. The first-order chi connectivity index (χ1) is 15.6. The number of aromatic amines is 1. The standard InChI is InChI=1S/C24H22ClN5O2/c25-19-5-6-21-20(13-19)18(14-27-21)7-10-26-24(32)17-3-1-16(2-4-17)15-29-22-8-11-28-30(22)12-9-23(29)31/h1-6,8,11,13-14,27H,7,9-10,12,15H2,(H,26,32). The van der Waals surface area contributed by atoms with Crippen LogP contribution in [0.15, 0.2) is 60.9 Å². The Balaban J connectivity index is 1.19. The van der Waals surface area contributed by atoms with Crippen LogP contribution < -0.4 is 10.2 Å². The van der Waals surface area contributed by atoms with E-state index in [9.17, 15) is 9.59 Å². The number of fused-ring (bicyclic) bond motifs is 2. The monoisotopic (exact) mass is 447 g/mol. The Morgan fingerprint density at radius 3 is 2.84 bits per heavy atom. The highest BCUT2D eigenvalue weighted by atomic mass is 35.5. The molecule has 4 aromatic rings. The summed E-state index contributed by atoms with van der Waals surface area (Å²) in [5, 5.41) is 8.99. The Hall–Kier alpha value is -3.58. The van der Waals surface area contributed by atoms with E-state index in [4.69, 9.17) is 11.6 Å². The molecule has 0 spiro atoms. The molecule has 0 atom stereocenters. The van der Waals surface area contributed by atoms with Crippen LogP contribution in [0.4, 0.5) is 5.82 Å². The Bertz CT molecular complexity index is 1290. The molecule has 0 saturated carbocycles. The Morgan fingerprint density at radius 2 is 2.00 bits per heavy atom. The van der Waals surface area contributed by atoms with Gasteiger partial charge >= 0.3 is 0 Å². The van der Waals surface area contributed by atoms with E-state index < -0.39 is 0 Å². The van der Waals surface area contributed by atoms with Gasteiger partial charge in [-0.2, -0.15) is 5.10 Å². The molecule has 0 saturated heterocycles. The molecule has 1 aliphatic heterocycles. The Morgan fingerprint density at radius 1 is 1.16 bits per heavy atom. The van der Waals surface area contributed by atoms with Crippen LogP contribution in [0.2, 0.25) is 5.02 Å². The number of carbonyl (C=O) groups is 2. The molecule has 0 fully saturated rings. The maximum absolute atomic E-state index is 12.6. The first kappa shape index (κ1) is 20.3. The summed E-state index contributed by atoms with van der Waals surface area (Å²) in [6, 6.07) is 14.9. The van der Waals surface area contributed by atoms with Gasteiger partial charge in [-0.05, 0) is 47.9 Å². The van der Waals surface area contributed by atoms with Crippen LogP contribution in [-0.2, 0) is 24.3 Å². The number of aromatic nitrogens is 3. The maximum atomic E-state index is 12.6. The molecule has 0 aliphatic carbocycles. The summed E-state index contributed by atoms with van der Waals surface area (Å²) in [4.78, 5) is 29.9. The number of nitrogens with zero attached hydrogens (tertiary/aromatic N) is 3. The number of amides is 2. The van der Waals surface area contributed by atoms with Gasteiger partial charge in [-0.25, -0.2) is 4.68 Å². The number of hydrogen-bond donors (Lipinski definition) is 2. The molecule has 0 radical (unpaired) electrons. The van der Waals surface area contributed by atoms with Gasteiger partial charge in [-0.3, -0.25) is 14.5 Å². The van der Waals surface area contributed by atoms with Gasteiger partial charge in [0.05, 0.1) is 19.3 Å². The zero-order valence-electron chi connectivity index (χ0n) is 17.3. The molecule has 2 amide bonds. The van der Waals surface area contributed by atoms with E-state index in [0.717, 1.165) is 27.8 Å². The zero-order valence-corrected chi connectivity index (χ0v) is 18.1. The quantitative estimate of drug-likeness (QED) is 0.470. The van der Waals surface area contributed by atoms with Crippen molar-refractivity contribution in [2.24, 2.45) is 0 Å². The number of anilines is 1. The summed E-state index contributed by atoms with van der Waals surface area (Å²) >= 11 is 6.10. The van der Waals surface area contributed by atoms with Gasteiger partial charge in [0.2, 0.25) is 5.91 Å². The van der Waals surface area contributed by atoms with E-state index in [-0.39, 0.29) is 11.8 Å². The lowest BCUT2D eigenvalue weighted by atomic mass is 10.1. The lowest BCUT2D eigenvalue weighted by molar-refractivity contribution is -0.119. The number of benzene rings is 2. The van der Waals surface area contributed by atoms with Gasteiger partial charge in [0, 0.05) is 46.7 Å². The van der Waals surface area contributed by atoms with E-state index in [1.807, 2.05) is 47.3 Å². The van der Waals surface area contributed by atoms with Crippen LogP contribution in [0.1, 0.15) is 27.9 Å². The van der Waals surface area contributed by atoms with E-state index in [0.29, 0.717) is 43.1 Å². The van der Waals surface area contributed by atoms with E-state index >= 15 is 0 Å². The summed E-state index contributed by atoms with van der Waals surface area (Å²) in [6.45, 7) is 1.59. The second kappa shape index (κ2) is 8.51. The zero-order chi connectivity index (χ0) is 22.1. The fourth-order valence-corrected chi connectivity index (χ4v) is 4.25. The first-order valence-electron chi connectivity index (χ1n) is 10.5. The van der Waals surface area contributed by atoms with Crippen molar-refractivity contribution >= 4 is 40.1 Å². The SMILES string of the molecule is O=C(NCCc1c[nH]c2ccc(Cl)cc12)c1ccc(CN2C(=O)CCn3nccc32)cc1. The van der Waals surface area contributed by atoms with E-state index in [2.05, 4.69) is 15.4 Å². The lowest BCUT2D eigenvalue weighted by Gasteiger charge is -2.27. The molecule has 2 aromatic heterocycles. The van der Waals surface area contributed by atoms with Gasteiger partial charge in [0.25, 0.3) is 5.91 Å². The predicted octanol–water partition coefficient (Wildman–Crippen LogP) is 3.93. The van der Waals surface area contributed by atoms with E-state index in [1.54, 1.807) is 23.2 Å². The fraction of sp³-hybridized carbons (Fsp3) is 0.208. The Kier molecular flexibility index (Phi) is 5.41. The number of halogens is 1. The van der Waals surface area contributed by atoms with Crippen molar-refractivity contribution in [3.05, 3.63) is 82.6 Å². The van der Waals surface area contributed by atoms with Crippen molar-refractivity contribution in [1.82, 2.24) is 20.1 Å². The molecule has 1 aliphatic rings. The van der Waals surface area contributed by atoms with Crippen LogP contribution in [0.25, 0.3) is 10.9 Å². The number of hydrogen-bond acceptors (Lipinski definition) is 3. The van der Waals surface area contributed by atoms with E-state index in [1.165, 1.54) is 0 Å². The third kappa shape index (κ3) is 3.99. The number of carbonyl (C=O) groups excluding carboxylic acids is 2. The molecule has 3 heterocycles. The highest BCUT2D eigenvalue weighted by Gasteiger charge is 2.24. The normalized spacial score (nSPS) is 13.4. The maximum Gasteiger partial charge on any atom is 0.251 e. The van der Waals surface area contributed by atoms with Crippen molar-refractivity contribution in [2.75, 3.05) is 11.4 Å². The average molecular weight is 448 g/mol. The molecular formula is C24H22ClN5O2. The van der Waals surface area contributed by atoms with Crippen molar-refractivity contribution < 1.29 is 9.59 Å². The largest absolute Gasteiger partial charge is 0.361 e. The summed E-state index contributed by atoms with van der Waals surface area (Å²) in [7, 11) is 0.